The van der Waals surface area contributed by atoms with Crippen LogP contribution >= 0.6 is 0 Å². The Morgan fingerprint density at radius 3 is 2.32 bits per heavy atom. The predicted molar refractivity (Wildman–Crippen MR) is 102 cm³/mol. The minimum absolute atomic E-state index is 0.0326. The summed E-state index contributed by atoms with van der Waals surface area (Å²) in [5, 5.41) is 5.96. The number of hydrogen-bond acceptors (Lipinski definition) is 3. The van der Waals surface area contributed by atoms with Crippen LogP contribution in [0, 0.1) is 0 Å². The molecule has 0 unspecified atom stereocenters. The fraction of sp³-hybridized carbons (Fsp3) is 0.350. The van der Waals surface area contributed by atoms with Crippen LogP contribution in [-0.2, 0) is 17.8 Å². The van der Waals surface area contributed by atoms with E-state index in [0.29, 0.717) is 6.61 Å². The van der Waals surface area contributed by atoms with E-state index in [1.165, 1.54) is 5.56 Å². The molecule has 0 aliphatic rings. The summed E-state index contributed by atoms with van der Waals surface area (Å²) in [6.45, 7) is 1.34. The van der Waals surface area contributed by atoms with Crippen LogP contribution in [0.25, 0.3) is 0 Å². The van der Waals surface area contributed by atoms with Crippen LogP contribution in [0.5, 0.6) is 0 Å². The zero-order valence-electron chi connectivity index (χ0n) is 15.2. The molecule has 0 saturated carbocycles. The topological polar surface area (TPSA) is 53.6 Å². The van der Waals surface area contributed by atoms with Crippen molar-refractivity contribution in [3.05, 3.63) is 65.7 Å². The third-order valence-corrected chi connectivity index (χ3v) is 3.77. The maximum Gasteiger partial charge on any atom is 0.319 e. The second kappa shape index (κ2) is 9.81. The highest BCUT2D eigenvalue weighted by atomic mass is 16.5. The standard InChI is InChI=1S/C20H27N3O2/c1-23(2)14-19(13-16-7-5-4-6-8-16)22-20(24)21-18-11-9-17(10-12-18)15-25-3/h4-12,19H,13-15H2,1-3H3,(H2,21,22,24)/t19-/m1/s1. The number of benzene rings is 2. The number of carbonyl (C=O) groups is 1. The zero-order chi connectivity index (χ0) is 18.1. The summed E-state index contributed by atoms with van der Waals surface area (Å²) in [5.74, 6) is 0. The lowest BCUT2D eigenvalue weighted by atomic mass is 10.1. The molecule has 0 saturated heterocycles. The molecular formula is C20H27N3O2. The molecule has 2 aromatic carbocycles. The first-order valence-corrected chi connectivity index (χ1v) is 8.41. The lowest BCUT2D eigenvalue weighted by molar-refractivity contribution is 0.185. The van der Waals surface area contributed by atoms with Crippen LogP contribution < -0.4 is 10.6 Å². The highest BCUT2D eigenvalue weighted by molar-refractivity contribution is 5.89. The van der Waals surface area contributed by atoms with Crippen LogP contribution in [0.2, 0.25) is 0 Å². The Morgan fingerprint density at radius 2 is 1.72 bits per heavy atom. The van der Waals surface area contributed by atoms with Gasteiger partial charge in [-0.2, -0.15) is 0 Å². The average Bonchev–Trinajstić information content (AvgIpc) is 2.57. The SMILES string of the molecule is COCc1ccc(NC(=O)N[C@H](Cc2ccccc2)CN(C)C)cc1. The first-order valence-electron chi connectivity index (χ1n) is 8.41. The van der Waals surface area contributed by atoms with Crippen molar-refractivity contribution < 1.29 is 9.53 Å². The van der Waals surface area contributed by atoms with Gasteiger partial charge in [-0.15, -0.1) is 0 Å². The monoisotopic (exact) mass is 341 g/mol. The quantitative estimate of drug-likeness (QED) is 0.776. The number of anilines is 1. The number of carbonyl (C=O) groups excluding carboxylic acids is 1. The number of rotatable bonds is 8. The van der Waals surface area contributed by atoms with Gasteiger partial charge < -0.3 is 20.3 Å². The van der Waals surface area contributed by atoms with E-state index in [-0.39, 0.29) is 12.1 Å². The molecule has 2 aromatic rings. The predicted octanol–water partition coefficient (Wildman–Crippen LogP) is 3.13. The smallest absolute Gasteiger partial charge is 0.319 e. The number of amides is 2. The molecule has 2 rings (SSSR count). The number of ether oxygens (including phenoxy) is 1. The Bertz CT molecular complexity index is 642. The van der Waals surface area contributed by atoms with Gasteiger partial charge in [-0.25, -0.2) is 4.79 Å². The van der Waals surface area contributed by atoms with Gasteiger partial charge in [0.15, 0.2) is 0 Å². The molecule has 25 heavy (non-hydrogen) atoms. The van der Waals surface area contributed by atoms with Crippen molar-refractivity contribution >= 4 is 11.7 Å². The van der Waals surface area contributed by atoms with Gasteiger partial charge in [0.05, 0.1) is 6.61 Å². The lowest BCUT2D eigenvalue weighted by Gasteiger charge is -2.23. The summed E-state index contributed by atoms with van der Waals surface area (Å²) in [7, 11) is 5.68. The molecule has 0 fully saturated rings. The van der Waals surface area contributed by atoms with Crippen LogP contribution in [-0.4, -0.2) is 44.7 Å². The number of hydrogen-bond donors (Lipinski definition) is 2. The molecule has 0 aromatic heterocycles. The Morgan fingerprint density at radius 1 is 1.04 bits per heavy atom. The molecule has 5 nitrogen and oxygen atoms in total. The van der Waals surface area contributed by atoms with E-state index >= 15 is 0 Å². The van der Waals surface area contributed by atoms with Gasteiger partial charge in [-0.1, -0.05) is 42.5 Å². The summed E-state index contributed by atoms with van der Waals surface area (Å²) in [5.41, 5.74) is 3.04. The van der Waals surface area contributed by atoms with Gasteiger partial charge in [0, 0.05) is 25.4 Å². The van der Waals surface area contributed by atoms with Crippen molar-refractivity contribution in [2.45, 2.75) is 19.1 Å². The molecule has 0 aliphatic heterocycles. The van der Waals surface area contributed by atoms with Crippen molar-refractivity contribution in [2.24, 2.45) is 0 Å². The molecule has 2 N–H and O–H groups in total. The molecule has 1 atom stereocenters. The Labute approximate surface area is 150 Å². The molecule has 0 heterocycles. The van der Waals surface area contributed by atoms with Gasteiger partial charge >= 0.3 is 6.03 Å². The highest BCUT2D eigenvalue weighted by Crippen LogP contribution is 2.10. The van der Waals surface area contributed by atoms with Gasteiger partial charge in [-0.3, -0.25) is 0 Å². The van der Waals surface area contributed by atoms with Crippen LogP contribution in [0.1, 0.15) is 11.1 Å². The fourth-order valence-electron chi connectivity index (χ4n) is 2.70. The van der Waals surface area contributed by atoms with Gasteiger partial charge in [0.25, 0.3) is 0 Å². The van der Waals surface area contributed by atoms with Crippen LogP contribution in [0.4, 0.5) is 10.5 Å². The zero-order valence-corrected chi connectivity index (χ0v) is 15.2. The van der Waals surface area contributed by atoms with E-state index < -0.39 is 0 Å². The summed E-state index contributed by atoms with van der Waals surface area (Å²) in [6.07, 6.45) is 0.791. The lowest BCUT2D eigenvalue weighted by Crippen LogP contribution is -2.45. The Balaban J connectivity index is 1.93. The molecular weight excluding hydrogens is 314 g/mol. The molecule has 0 aliphatic carbocycles. The number of urea groups is 1. The third-order valence-electron chi connectivity index (χ3n) is 3.77. The maximum atomic E-state index is 12.3. The highest BCUT2D eigenvalue weighted by Gasteiger charge is 2.14. The van der Waals surface area contributed by atoms with Crippen molar-refractivity contribution in [1.29, 1.82) is 0 Å². The number of nitrogens with zero attached hydrogens (tertiary/aromatic N) is 1. The number of likely N-dealkylation sites (N-methyl/N-ethyl adjacent to an activating group) is 1. The first kappa shape index (κ1) is 19.0. The maximum absolute atomic E-state index is 12.3. The van der Waals surface area contributed by atoms with E-state index in [2.05, 4.69) is 27.7 Å². The van der Waals surface area contributed by atoms with Gasteiger partial charge in [0.2, 0.25) is 0 Å². The summed E-state index contributed by atoms with van der Waals surface area (Å²) < 4.78 is 5.09. The van der Waals surface area contributed by atoms with Gasteiger partial charge in [0.1, 0.15) is 0 Å². The largest absolute Gasteiger partial charge is 0.380 e. The second-order valence-corrected chi connectivity index (χ2v) is 6.38. The average molecular weight is 341 g/mol. The molecule has 0 spiro atoms. The molecule has 2 amide bonds. The second-order valence-electron chi connectivity index (χ2n) is 6.38. The number of nitrogens with one attached hydrogen (secondary N) is 2. The summed E-state index contributed by atoms with van der Waals surface area (Å²) >= 11 is 0. The summed E-state index contributed by atoms with van der Waals surface area (Å²) in [6, 6.07) is 17.7. The van der Waals surface area contributed by atoms with E-state index in [1.54, 1.807) is 7.11 Å². The van der Waals surface area contributed by atoms with Crippen molar-refractivity contribution in [3.8, 4) is 0 Å². The fourth-order valence-corrected chi connectivity index (χ4v) is 2.70. The summed E-state index contributed by atoms with van der Waals surface area (Å²) in [4.78, 5) is 14.4. The van der Waals surface area contributed by atoms with Gasteiger partial charge in [-0.05, 0) is 43.8 Å². The Kier molecular flexibility index (Phi) is 7.44. The first-order chi connectivity index (χ1) is 12.1. The van der Waals surface area contributed by atoms with E-state index in [4.69, 9.17) is 4.74 Å². The number of methoxy groups -OCH3 is 1. The van der Waals surface area contributed by atoms with E-state index in [1.807, 2.05) is 56.6 Å². The van der Waals surface area contributed by atoms with Crippen LogP contribution in [0.3, 0.4) is 0 Å². The van der Waals surface area contributed by atoms with Crippen molar-refractivity contribution in [2.75, 3.05) is 33.1 Å². The minimum atomic E-state index is -0.192. The van der Waals surface area contributed by atoms with Crippen LogP contribution in [0.15, 0.2) is 54.6 Å². The minimum Gasteiger partial charge on any atom is -0.380 e. The normalized spacial score (nSPS) is 12.0. The Hall–Kier alpha value is -2.37. The third kappa shape index (κ3) is 6.95. The van der Waals surface area contributed by atoms with Crippen molar-refractivity contribution in [1.82, 2.24) is 10.2 Å². The van der Waals surface area contributed by atoms with Crippen molar-refractivity contribution in [3.63, 3.8) is 0 Å². The van der Waals surface area contributed by atoms with E-state index in [0.717, 1.165) is 24.2 Å². The van der Waals surface area contributed by atoms with E-state index in [9.17, 15) is 4.79 Å². The molecule has 5 heteroatoms. The molecule has 0 bridgehead atoms. The molecule has 0 radical (unpaired) electrons. The molecule has 134 valence electrons.